The van der Waals surface area contributed by atoms with Crippen LogP contribution in [0.4, 0.5) is 5.69 Å². The Morgan fingerprint density at radius 2 is 2.00 bits per heavy atom. The molecule has 1 amide bonds. The number of nitrogens with one attached hydrogen (secondary N) is 1. The number of rotatable bonds is 5. The summed E-state index contributed by atoms with van der Waals surface area (Å²) in [4.78, 5) is 11.5. The molecule has 21 heavy (non-hydrogen) atoms. The summed E-state index contributed by atoms with van der Waals surface area (Å²) in [7, 11) is 0. The van der Waals surface area contributed by atoms with Gasteiger partial charge in [-0.1, -0.05) is 29.8 Å². The van der Waals surface area contributed by atoms with Crippen LogP contribution in [0.25, 0.3) is 0 Å². The predicted molar refractivity (Wildman–Crippen MR) is 84.5 cm³/mol. The first kappa shape index (κ1) is 15.4. The molecule has 3 N–H and O–H groups in total. The summed E-state index contributed by atoms with van der Waals surface area (Å²) in [5.74, 6) is 0.442. The van der Waals surface area contributed by atoms with Crippen LogP contribution in [0.5, 0.6) is 5.75 Å². The maximum absolute atomic E-state index is 11.5. The molecular weight excluding hydrogens is 288 g/mol. The average molecular weight is 305 g/mol. The second-order valence-corrected chi connectivity index (χ2v) is 5.16. The molecule has 5 heteroatoms. The van der Waals surface area contributed by atoms with Crippen molar-refractivity contribution >= 4 is 23.2 Å². The van der Waals surface area contributed by atoms with Crippen molar-refractivity contribution < 1.29 is 9.53 Å². The summed E-state index contributed by atoms with van der Waals surface area (Å²) < 4.78 is 5.69. The molecule has 0 spiro atoms. The molecule has 2 aromatic rings. The van der Waals surface area contributed by atoms with Crippen molar-refractivity contribution in [3.05, 3.63) is 59.1 Å². The molecule has 2 aromatic carbocycles. The van der Waals surface area contributed by atoms with E-state index in [9.17, 15) is 4.79 Å². The fourth-order valence-corrected chi connectivity index (χ4v) is 1.79. The van der Waals surface area contributed by atoms with Crippen molar-refractivity contribution in [3.8, 4) is 5.75 Å². The van der Waals surface area contributed by atoms with Crippen molar-refractivity contribution in [1.29, 1.82) is 0 Å². The molecule has 0 aliphatic rings. The lowest BCUT2D eigenvalue weighted by Gasteiger charge is -2.10. The summed E-state index contributed by atoms with van der Waals surface area (Å²) in [5.41, 5.74) is 7.19. The number of carbonyl (C=O) groups excluding carboxylic acids is 1. The number of nitrogens with two attached hydrogens (primary N) is 1. The molecule has 0 radical (unpaired) electrons. The number of halogens is 1. The molecular formula is C16H17ClN2O2. The molecule has 0 fully saturated rings. The van der Waals surface area contributed by atoms with E-state index >= 15 is 0 Å². The molecule has 2 rings (SSSR count). The number of benzene rings is 2. The van der Waals surface area contributed by atoms with Gasteiger partial charge < -0.3 is 15.8 Å². The highest BCUT2D eigenvalue weighted by atomic mass is 35.5. The van der Waals surface area contributed by atoms with Gasteiger partial charge in [0, 0.05) is 16.8 Å². The number of anilines is 1. The minimum absolute atomic E-state index is 0.232. The quantitative estimate of drug-likeness (QED) is 0.891. The second kappa shape index (κ2) is 7.11. The fraction of sp³-hybridized carbons (Fsp3) is 0.188. The third-order valence-corrected chi connectivity index (χ3v) is 3.09. The summed E-state index contributed by atoms with van der Waals surface area (Å²) in [6.45, 7) is 2.07. The number of hydrogen-bond acceptors (Lipinski definition) is 3. The van der Waals surface area contributed by atoms with E-state index in [1.165, 1.54) is 0 Å². The van der Waals surface area contributed by atoms with Gasteiger partial charge in [0.05, 0.1) is 6.04 Å². The van der Waals surface area contributed by atoms with Gasteiger partial charge in [0.2, 0.25) is 5.91 Å². The Morgan fingerprint density at radius 1 is 1.29 bits per heavy atom. The number of amides is 1. The minimum atomic E-state index is -0.552. The summed E-state index contributed by atoms with van der Waals surface area (Å²) in [5, 5.41) is 3.42. The van der Waals surface area contributed by atoms with Crippen LogP contribution in [0, 0.1) is 0 Å². The van der Waals surface area contributed by atoms with E-state index in [2.05, 4.69) is 5.32 Å². The number of ether oxygens (including phenoxy) is 1. The Balaban J connectivity index is 1.97. The lowest BCUT2D eigenvalue weighted by atomic mass is 10.2. The Kier molecular flexibility index (Phi) is 5.20. The van der Waals surface area contributed by atoms with Crippen molar-refractivity contribution in [2.45, 2.75) is 19.6 Å². The highest BCUT2D eigenvalue weighted by molar-refractivity contribution is 6.30. The summed E-state index contributed by atoms with van der Waals surface area (Å²) in [6.07, 6.45) is 0. The van der Waals surface area contributed by atoms with Gasteiger partial charge in [0.1, 0.15) is 12.4 Å². The third-order valence-electron chi connectivity index (χ3n) is 2.83. The van der Waals surface area contributed by atoms with Crippen molar-refractivity contribution in [1.82, 2.24) is 0 Å². The topological polar surface area (TPSA) is 64.4 Å². The van der Waals surface area contributed by atoms with E-state index in [0.29, 0.717) is 23.1 Å². The van der Waals surface area contributed by atoms with Gasteiger partial charge in [-0.25, -0.2) is 0 Å². The molecule has 0 saturated heterocycles. The molecule has 0 saturated carbocycles. The van der Waals surface area contributed by atoms with Gasteiger partial charge in [-0.2, -0.15) is 0 Å². The Labute approximate surface area is 128 Å². The summed E-state index contributed by atoms with van der Waals surface area (Å²) in [6, 6.07) is 14.1. The van der Waals surface area contributed by atoms with Crippen LogP contribution in [-0.2, 0) is 11.4 Å². The van der Waals surface area contributed by atoms with E-state index in [1.54, 1.807) is 19.1 Å². The Morgan fingerprint density at radius 3 is 2.67 bits per heavy atom. The molecule has 1 unspecified atom stereocenters. The highest BCUT2D eigenvalue weighted by Gasteiger charge is 2.07. The first-order chi connectivity index (χ1) is 10.0. The van der Waals surface area contributed by atoms with Gasteiger partial charge in [-0.3, -0.25) is 4.79 Å². The van der Waals surface area contributed by atoms with Crippen LogP contribution in [0.2, 0.25) is 5.02 Å². The summed E-state index contributed by atoms with van der Waals surface area (Å²) >= 11 is 5.83. The van der Waals surface area contributed by atoms with Gasteiger partial charge in [0.25, 0.3) is 0 Å². The lowest BCUT2D eigenvalue weighted by molar-refractivity contribution is -0.117. The van der Waals surface area contributed by atoms with E-state index < -0.39 is 6.04 Å². The molecule has 0 aliphatic heterocycles. The maximum Gasteiger partial charge on any atom is 0.241 e. The molecule has 0 bridgehead atoms. The molecule has 1 atom stereocenters. The highest BCUT2D eigenvalue weighted by Crippen LogP contribution is 2.19. The van der Waals surface area contributed by atoms with E-state index in [1.807, 2.05) is 36.4 Å². The zero-order valence-corrected chi connectivity index (χ0v) is 12.4. The third kappa shape index (κ3) is 4.77. The molecule has 0 aliphatic carbocycles. The first-order valence-electron chi connectivity index (χ1n) is 6.58. The minimum Gasteiger partial charge on any atom is -0.489 e. The first-order valence-corrected chi connectivity index (χ1v) is 6.96. The molecule has 0 heterocycles. The fourth-order valence-electron chi connectivity index (χ4n) is 1.67. The van der Waals surface area contributed by atoms with Gasteiger partial charge >= 0.3 is 0 Å². The van der Waals surface area contributed by atoms with Gasteiger partial charge in [-0.15, -0.1) is 0 Å². The largest absolute Gasteiger partial charge is 0.489 e. The van der Waals surface area contributed by atoms with Crippen LogP contribution in [0.1, 0.15) is 12.5 Å². The maximum atomic E-state index is 11.5. The van der Waals surface area contributed by atoms with Crippen molar-refractivity contribution in [2.75, 3.05) is 5.32 Å². The Bertz CT molecular complexity index is 612. The van der Waals surface area contributed by atoms with Crippen LogP contribution < -0.4 is 15.8 Å². The van der Waals surface area contributed by atoms with Crippen LogP contribution in [0.15, 0.2) is 48.5 Å². The standard InChI is InChI=1S/C16H17ClN2O2/c1-11(18)16(20)19-14-3-2-4-15(9-14)21-10-12-5-7-13(17)8-6-12/h2-9,11H,10,18H2,1H3,(H,19,20). The lowest BCUT2D eigenvalue weighted by Crippen LogP contribution is -2.32. The van der Waals surface area contributed by atoms with E-state index in [4.69, 9.17) is 22.1 Å². The van der Waals surface area contributed by atoms with Crippen LogP contribution in [0.3, 0.4) is 0 Å². The monoisotopic (exact) mass is 304 g/mol. The molecule has 0 aromatic heterocycles. The van der Waals surface area contributed by atoms with Gasteiger partial charge in [-0.05, 0) is 36.8 Å². The average Bonchev–Trinajstić information content (AvgIpc) is 2.47. The molecule has 4 nitrogen and oxygen atoms in total. The zero-order chi connectivity index (χ0) is 15.2. The van der Waals surface area contributed by atoms with E-state index in [-0.39, 0.29) is 5.91 Å². The Hall–Kier alpha value is -2.04. The van der Waals surface area contributed by atoms with Crippen molar-refractivity contribution in [3.63, 3.8) is 0 Å². The molecule has 110 valence electrons. The van der Waals surface area contributed by atoms with E-state index in [0.717, 1.165) is 5.56 Å². The normalized spacial score (nSPS) is 11.8. The smallest absolute Gasteiger partial charge is 0.241 e. The van der Waals surface area contributed by atoms with Crippen LogP contribution >= 0.6 is 11.6 Å². The number of hydrogen-bond donors (Lipinski definition) is 2. The zero-order valence-electron chi connectivity index (χ0n) is 11.7. The second-order valence-electron chi connectivity index (χ2n) is 4.72. The van der Waals surface area contributed by atoms with Crippen molar-refractivity contribution in [2.24, 2.45) is 5.73 Å². The van der Waals surface area contributed by atoms with Crippen LogP contribution in [-0.4, -0.2) is 11.9 Å². The number of carbonyl (C=O) groups is 1. The predicted octanol–water partition coefficient (Wildman–Crippen LogP) is 3.20. The SMILES string of the molecule is CC(N)C(=O)Nc1cccc(OCc2ccc(Cl)cc2)c1. The van der Waals surface area contributed by atoms with Gasteiger partial charge in [0.15, 0.2) is 0 Å².